The van der Waals surface area contributed by atoms with Crippen LogP contribution in [0.3, 0.4) is 0 Å². The van der Waals surface area contributed by atoms with Gasteiger partial charge < -0.3 is 28.5 Å². The maximum atomic E-state index is 11.6. The molecule has 0 spiro atoms. The molecule has 1 heterocycles. The number of hydrogen-bond acceptors (Lipinski definition) is 5. The largest absolute Gasteiger partial charge is 0.387 e. The lowest BCUT2D eigenvalue weighted by atomic mass is 9.97. The summed E-state index contributed by atoms with van der Waals surface area (Å²) in [5.74, 6) is 0. The Kier molecular flexibility index (Phi) is 30.0. The van der Waals surface area contributed by atoms with E-state index >= 15 is 0 Å². The molecular weight excluding hydrogens is 598 g/mol. The van der Waals surface area contributed by atoms with Gasteiger partial charge in [0.2, 0.25) is 0 Å². The molecule has 48 heavy (non-hydrogen) atoms. The third kappa shape index (κ3) is 23.3. The molecule has 5 atom stereocenters. The van der Waals surface area contributed by atoms with Crippen LogP contribution in [-0.4, -0.2) is 87.8 Å². The first-order valence-electron chi connectivity index (χ1n) is 21.3. The van der Waals surface area contributed by atoms with Crippen LogP contribution in [0.25, 0.3) is 0 Å². The minimum absolute atomic E-state index is 0.343. The van der Waals surface area contributed by atoms with Gasteiger partial charge in [-0.2, -0.15) is 0 Å². The molecule has 0 aromatic rings. The zero-order valence-corrected chi connectivity index (χ0v) is 33.3. The van der Waals surface area contributed by atoms with Crippen LogP contribution in [-0.2, 0) is 18.9 Å². The Labute approximate surface area is 300 Å². The summed E-state index contributed by atoms with van der Waals surface area (Å²) in [6, 6.07) is 0. The minimum Gasteiger partial charge on any atom is -0.387 e. The van der Waals surface area contributed by atoms with Gasteiger partial charge in [-0.05, 0) is 25.7 Å². The fourth-order valence-corrected chi connectivity index (χ4v) is 7.29. The number of likely N-dealkylation sites (N-methyl/N-ethyl adjacent to an activating group) is 1. The van der Waals surface area contributed by atoms with Crippen LogP contribution < -0.4 is 0 Å². The van der Waals surface area contributed by atoms with Crippen LogP contribution in [0.2, 0.25) is 0 Å². The number of hydrogen-bond donors (Lipinski definition) is 1. The van der Waals surface area contributed by atoms with Crippen LogP contribution in [0.1, 0.15) is 194 Å². The number of methoxy groups -OCH3 is 1. The predicted octanol–water partition coefficient (Wildman–Crippen LogP) is 11.2. The molecule has 0 unspecified atom stereocenters. The molecule has 288 valence electrons. The number of ether oxygens (including phenoxy) is 4. The summed E-state index contributed by atoms with van der Waals surface area (Å²) >= 11 is 0. The lowest BCUT2D eigenvalue weighted by Crippen LogP contribution is -2.63. The van der Waals surface area contributed by atoms with Gasteiger partial charge in [0.05, 0.1) is 20.6 Å². The van der Waals surface area contributed by atoms with Crippen molar-refractivity contribution in [1.82, 2.24) is 0 Å². The van der Waals surface area contributed by atoms with E-state index in [9.17, 15) is 5.11 Å². The number of aliphatic hydroxyl groups is 1. The highest BCUT2D eigenvalue weighted by Gasteiger charge is 2.48. The van der Waals surface area contributed by atoms with Crippen LogP contribution in [0.15, 0.2) is 0 Å². The second kappa shape index (κ2) is 31.5. The second-order valence-electron chi connectivity index (χ2n) is 15.8. The molecule has 1 aliphatic heterocycles. The average molecular weight is 685 g/mol. The smallest absolute Gasteiger partial charge is 0.186 e. The zero-order valence-electron chi connectivity index (χ0n) is 33.3. The number of unbranched alkanes of at least 4 members (excludes halogenated alkanes) is 24. The summed E-state index contributed by atoms with van der Waals surface area (Å²) in [5, 5.41) is 11.6. The van der Waals surface area contributed by atoms with Crippen molar-refractivity contribution in [2.75, 3.05) is 47.5 Å². The molecule has 0 aromatic carbocycles. The van der Waals surface area contributed by atoms with Crippen molar-refractivity contribution < 1.29 is 28.5 Å². The Morgan fingerprint density at radius 2 is 0.854 bits per heavy atom. The van der Waals surface area contributed by atoms with Crippen LogP contribution in [0, 0.1) is 0 Å². The van der Waals surface area contributed by atoms with E-state index < -0.39 is 24.6 Å². The Hall–Kier alpha value is -0.240. The first-order valence-corrected chi connectivity index (χ1v) is 21.3. The summed E-state index contributed by atoms with van der Waals surface area (Å²) in [7, 11) is 6.18. The molecule has 1 N–H and O–H groups in total. The lowest BCUT2D eigenvalue weighted by molar-refractivity contribution is -0.894. The molecule has 0 bridgehead atoms. The van der Waals surface area contributed by atoms with E-state index in [1.807, 2.05) is 0 Å². The zero-order chi connectivity index (χ0) is 35.1. The second-order valence-corrected chi connectivity index (χ2v) is 15.8. The molecule has 0 radical (unpaired) electrons. The first kappa shape index (κ1) is 45.8. The van der Waals surface area contributed by atoms with Crippen molar-refractivity contribution in [3.63, 3.8) is 0 Å². The monoisotopic (exact) mass is 685 g/mol. The van der Waals surface area contributed by atoms with Crippen LogP contribution >= 0.6 is 0 Å². The Morgan fingerprint density at radius 3 is 1.25 bits per heavy atom. The Bertz CT molecular complexity index is 676. The Morgan fingerprint density at radius 1 is 0.500 bits per heavy atom. The van der Waals surface area contributed by atoms with Gasteiger partial charge in [0.25, 0.3) is 0 Å². The van der Waals surface area contributed by atoms with Gasteiger partial charge in [0, 0.05) is 20.3 Å². The molecule has 0 amide bonds. The molecular formula is C42H86NO5+. The van der Waals surface area contributed by atoms with E-state index in [4.69, 9.17) is 18.9 Å². The predicted molar refractivity (Wildman–Crippen MR) is 205 cm³/mol. The fourth-order valence-electron chi connectivity index (χ4n) is 7.29. The van der Waals surface area contributed by atoms with E-state index in [2.05, 4.69) is 34.9 Å². The molecule has 0 aromatic heterocycles. The van der Waals surface area contributed by atoms with E-state index in [-0.39, 0.29) is 6.10 Å². The summed E-state index contributed by atoms with van der Waals surface area (Å²) in [6.45, 7) is 9.92. The summed E-state index contributed by atoms with van der Waals surface area (Å²) < 4.78 is 26.0. The highest BCUT2D eigenvalue weighted by atomic mass is 16.7. The van der Waals surface area contributed by atoms with Crippen LogP contribution in [0.5, 0.6) is 0 Å². The van der Waals surface area contributed by atoms with Crippen molar-refractivity contribution >= 4 is 0 Å². The number of quaternary nitrogens is 1. The van der Waals surface area contributed by atoms with Crippen molar-refractivity contribution in [3.05, 3.63) is 0 Å². The maximum Gasteiger partial charge on any atom is 0.186 e. The van der Waals surface area contributed by atoms with E-state index in [1.54, 1.807) is 7.11 Å². The van der Waals surface area contributed by atoms with Gasteiger partial charge >= 0.3 is 0 Å². The lowest BCUT2D eigenvalue weighted by Gasteiger charge is -2.45. The van der Waals surface area contributed by atoms with E-state index in [1.165, 1.54) is 161 Å². The number of nitrogens with zero attached hydrogens (tertiary/aromatic N) is 1. The molecule has 1 aliphatic rings. The van der Waals surface area contributed by atoms with Crippen molar-refractivity contribution in [3.8, 4) is 0 Å². The van der Waals surface area contributed by atoms with Crippen molar-refractivity contribution in [2.45, 2.75) is 225 Å². The number of aliphatic hydroxyl groups excluding tert-OH is 1. The molecule has 6 heteroatoms. The normalized spacial score (nSPS) is 21.7. The number of rotatable bonds is 35. The van der Waals surface area contributed by atoms with E-state index in [0.717, 1.165) is 30.4 Å². The highest BCUT2D eigenvalue weighted by Crippen LogP contribution is 2.29. The molecule has 1 rings (SSSR count). The highest BCUT2D eigenvalue weighted by molar-refractivity contribution is 4.91. The van der Waals surface area contributed by atoms with Gasteiger partial charge in [-0.1, -0.05) is 168 Å². The average Bonchev–Trinajstić information content (AvgIpc) is 3.07. The summed E-state index contributed by atoms with van der Waals surface area (Å²) in [5.41, 5.74) is 0. The molecule has 0 aliphatic carbocycles. The quantitative estimate of drug-likeness (QED) is 0.0532. The van der Waals surface area contributed by atoms with Crippen molar-refractivity contribution in [2.24, 2.45) is 0 Å². The molecule has 6 nitrogen and oxygen atoms in total. The standard InChI is InChI=1S/C42H86NO5/c1-7-10-13-15-17-19-21-23-25-27-29-32-35-46-40-39(44)38(37-43(4,5)34-31-12-9-3)48-42(45-6)41(40)47-36-33-30-28-26-24-22-20-18-16-14-11-8-2/h38-42,44H,7-37H2,1-6H3/q+1/t38-,39-,40+,41-,42+/m1/s1. The fraction of sp³-hybridized carbons (Fsp3) is 1.00. The SMILES string of the molecule is CCCCCCCCCCCCCCO[C@H]1[C@@H](OC)O[C@H](C[N+](C)(C)CCCCC)[C@@H](O)[C@@H]1OCCCCCCCCCCCCCC. The Balaban J connectivity index is 2.51. The summed E-state index contributed by atoms with van der Waals surface area (Å²) in [6.07, 6.45) is 32.9. The van der Waals surface area contributed by atoms with E-state index in [0.29, 0.717) is 13.2 Å². The molecule has 1 fully saturated rings. The summed E-state index contributed by atoms with van der Waals surface area (Å²) in [4.78, 5) is 0. The van der Waals surface area contributed by atoms with Gasteiger partial charge in [0.1, 0.15) is 31.0 Å². The minimum atomic E-state index is -0.732. The molecule has 1 saturated heterocycles. The van der Waals surface area contributed by atoms with Crippen LogP contribution in [0.4, 0.5) is 0 Å². The third-order valence-electron chi connectivity index (χ3n) is 10.5. The first-order chi connectivity index (χ1) is 23.4. The van der Waals surface area contributed by atoms with Gasteiger partial charge in [-0.3, -0.25) is 0 Å². The van der Waals surface area contributed by atoms with Gasteiger partial charge in [-0.15, -0.1) is 0 Å². The van der Waals surface area contributed by atoms with Crippen molar-refractivity contribution in [1.29, 1.82) is 0 Å². The maximum absolute atomic E-state index is 11.6. The third-order valence-corrected chi connectivity index (χ3v) is 10.5. The molecule has 0 saturated carbocycles. The topological polar surface area (TPSA) is 57.2 Å². The van der Waals surface area contributed by atoms with Gasteiger partial charge in [-0.25, -0.2) is 0 Å². The van der Waals surface area contributed by atoms with Gasteiger partial charge in [0.15, 0.2) is 6.29 Å².